The Kier molecular flexibility index (Phi) is 6.45. The molecule has 0 fully saturated rings. The van der Waals surface area contributed by atoms with Gasteiger partial charge in [-0.2, -0.15) is 0 Å². The Morgan fingerprint density at radius 2 is 1.74 bits per heavy atom. The van der Waals surface area contributed by atoms with Gasteiger partial charge in [-0.1, -0.05) is 60.3 Å². The van der Waals surface area contributed by atoms with E-state index in [2.05, 4.69) is 34.3 Å². The van der Waals surface area contributed by atoms with Gasteiger partial charge in [0.15, 0.2) is 0 Å². The second kappa shape index (κ2) is 9.00. The van der Waals surface area contributed by atoms with E-state index in [0.29, 0.717) is 0 Å². The summed E-state index contributed by atoms with van der Waals surface area (Å²) in [5, 5.41) is 4.76. The molecule has 4 nitrogen and oxygen atoms in total. The van der Waals surface area contributed by atoms with Crippen LogP contribution in [0.1, 0.15) is 31.7 Å². The molecule has 2 atom stereocenters. The highest BCUT2D eigenvalue weighted by Crippen LogP contribution is 2.28. The molecule has 1 N–H and O–H groups in total. The highest BCUT2D eigenvalue weighted by Gasteiger charge is 2.19. The van der Waals surface area contributed by atoms with E-state index in [0.717, 1.165) is 34.6 Å². The van der Waals surface area contributed by atoms with Gasteiger partial charge in [-0.3, -0.25) is 4.79 Å². The average molecular weight is 380 g/mol. The molecule has 1 aromatic heterocycles. The van der Waals surface area contributed by atoms with E-state index in [1.54, 1.807) is 0 Å². The molecular weight excluding hydrogens is 354 g/mol. The molecule has 0 aliphatic carbocycles. The molecule has 1 amide bonds. The number of carbonyl (C=O) groups excluding carboxylic acids is 1. The molecular formula is C22H25N3OS. The first-order chi connectivity index (χ1) is 13.0. The van der Waals surface area contributed by atoms with Crippen LogP contribution in [0.4, 0.5) is 0 Å². The average Bonchev–Trinajstić information content (AvgIpc) is 2.67. The summed E-state index contributed by atoms with van der Waals surface area (Å²) in [5.41, 5.74) is 2.21. The van der Waals surface area contributed by atoms with Gasteiger partial charge in [0.25, 0.3) is 0 Å². The molecule has 3 rings (SSSR count). The van der Waals surface area contributed by atoms with Crippen molar-refractivity contribution < 1.29 is 4.79 Å². The minimum absolute atomic E-state index is 0.0425. The van der Waals surface area contributed by atoms with Gasteiger partial charge >= 0.3 is 0 Å². The van der Waals surface area contributed by atoms with E-state index < -0.39 is 0 Å². The molecule has 27 heavy (non-hydrogen) atoms. The van der Waals surface area contributed by atoms with Crippen LogP contribution >= 0.6 is 11.8 Å². The molecule has 0 aliphatic rings. The number of nitrogens with zero attached hydrogens (tertiary/aromatic N) is 2. The zero-order chi connectivity index (χ0) is 19.2. The lowest BCUT2D eigenvalue weighted by molar-refractivity contribution is -0.120. The molecule has 1 heterocycles. The van der Waals surface area contributed by atoms with Crippen LogP contribution in [-0.2, 0) is 11.2 Å². The van der Waals surface area contributed by atoms with Crippen molar-refractivity contribution >= 4 is 28.6 Å². The minimum atomic E-state index is -0.220. The van der Waals surface area contributed by atoms with Crippen LogP contribution < -0.4 is 5.32 Å². The van der Waals surface area contributed by atoms with Crippen molar-refractivity contribution in [3.05, 3.63) is 66.0 Å². The molecule has 0 bridgehead atoms. The fourth-order valence-electron chi connectivity index (χ4n) is 2.93. The first-order valence-corrected chi connectivity index (χ1v) is 10.1. The van der Waals surface area contributed by atoms with Crippen LogP contribution in [0.3, 0.4) is 0 Å². The smallest absolute Gasteiger partial charge is 0.233 e. The van der Waals surface area contributed by atoms with Gasteiger partial charge in [0.1, 0.15) is 10.9 Å². The summed E-state index contributed by atoms with van der Waals surface area (Å²) in [6.45, 7) is 5.87. The van der Waals surface area contributed by atoms with Crippen molar-refractivity contribution in [3.8, 4) is 0 Å². The van der Waals surface area contributed by atoms with E-state index in [1.165, 1.54) is 17.3 Å². The molecule has 5 heteroatoms. The standard InChI is InChI=1S/C22H25N3OS/c1-15(13-14-18-9-5-4-6-10-18)23-21(26)16(2)27-22-19-11-7-8-12-20(19)24-17(3)25-22/h4-12,15-16H,13-14H2,1-3H3,(H,23,26)/t15-,16+/m1/s1. The van der Waals surface area contributed by atoms with Crippen LogP contribution in [0.5, 0.6) is 0 Å². The Hall–Kier alpha value is -2.40. The summed E-state index contributed by atoms with van der Waals surface area (Å²) in [5.74, 6) is 0.765. The number of hydrogen-bond acceptors (Lipinski definition) is 4. The van der Waals surface area contributed by atoms with Crippen LogP contribution in [0.15, 0.2) is 59.6 Å². The highest BCUT2D eigenvalue weighted by atomic mass is 32.2. The Morgan fingerprint density at radius 3 is 2.52 bits per heavy atom. The third-order valence-electron chi connectivity index (χ3n) is 4.44. The van der Waals surface area contributed by atoms with Gasteiger partial charge in [0.2, 0.25) is 5.91 Å². The molecule has 3 aromatic rings. The van der Waals surface area contributed by atoms with Crippen LogP contribution in [0.2, 0.25) is 0 Å². The fraction of sp³-hybridized carbons (Fsp3) is 0.318. The molecule has 0 spiro atoms. The van der Waals surface area contributed by atoms with Crippen molar-refractivity contribution in [1.29, 1.82) is 0 Å². The maximum absolute atomic E-state index is 12.6. The second-order valence-corrected chi connectivity index (χ2v) is 8.12. The number of hydrogen-bond donors (Lipinski definition) is 1. The lowest BCUT2D eigenvalue weighted by atomic mass is 10.1. The van der Waals surface area contributed by atoms with Crippen LogP contribution in [0.25, 0.3) is 10.9 Å². The lowest BCUT2D eigenvalue weighted by Gasteiger charge is -2.18. The van der Waals surface area contributed by atoms with E-state index in [4.69, 9.17) is 0 Å². The molecule has 2 aromatic carbocycles. The van der Waals surface area contributed by atoms with Crippen molar-refractivity contribution in [3.63, 3.8) is 0 Å². The summed E-state index contributed by atoms with van der Waals surface area (Å²) in [7, 11) is 0. The van der Waals surface area contributed by atoms with Crippen molar-refractivity contribution in [2.24, 2.45) is 0 Å². The summed E-state index contributed by atoms with van der Waals surface area (Å²) >= 11 is 1.49. The number of aromatic nitrogens is 2. The van der Waals surface area contributed by atoms with E-state index in [1.807, 2.05) is 56.3 Å². The molecule has 0 unspecified atom stereocenters. The summed E-state index contributed by atoms with van der Waals surface area (Å²) in [4.78, 5) is 21.6. The number of amides is 1. The third-order valence-corrected chi connectivity index (χ3v) is 5.54. The number of aryl methyl sites for hydroxylation is 2. The number of para-hydroxylation sites is 1. The topological polar surface area (TPSA) is 54.9 Å². The van der Waals surface area contributed by atoms with E-state index in [9.17, 15) is 4.79 Å². The predicted octanol–water partition coefficient (Wildman–Crippen LogP) is 4.56. The maximum Gasteiger partial charge on any atom is 0.233 e. The SMILES string of the molecule is Cc1nc(S[C@@H](C)C(=O)N[C@H](C)CCc2ccccc2)c2ccccc2n1. The number of thioether (sulfide) groups is 1. The minimum Gasteiger partial charge on any atom is -0.353 e. The molecule has 0 saturated carbocycles. The van der Waals surface area contributed by atoms with Gasteiger partial charge in [-0.25, -0.2) is 9.97 Å². The Morgan fingerprint density at radius 1 is 1.04 bits per heavy atom. The number of carbonyl (C=O) groups is 1. The monoisotopic (exact) mass is 379 g/mol. The predicted molar refractivity (Wildman–Crippen MR) is 112 cm³/mol. The number of benzene rings is 2. The largest absolute Gasteiger partial charge is 0.353 e. The van der Waals surface area contributed by atoms with E-state index >= 15 is 0 Å². The molecule has 140 valence electrons. The normalized spacial score (nSPS) is 13.3. The van der Waals surface area contributed by atoms with Gasteiger partial charge in [0.05, 0.1) is 10.8 Å². The van der Waals surface area contributed by atoms with Gasteiger partial charge in [0, 0.05) is 11.4 Å². The summed E-state index contributed by atoms with van der Waals surface area (Å²) in [6, 6.07) is 18.4. The van der Waals surface area contributed by atoms with Crippen LogP contribution in [-0.4, -0.2) is 27.2 Å². The molecule has 0 saturated heterocycles. The van der Waals surface area contributed by atoms with Gasteiger partial charge in [-0.05, 0) is 45.2 Å². The number of rotatable bonds is 7. The summed E-state index contributed by atoms with van der Waals surface area (Å²) in [6.07, 6.45) is 1.88. The second-order valence-electron chi connectivity index (χ2n) is 6.79. The maximum atomic E-state index is 12.6. The third kappa shape index (κ3) is 5.30. The Bertz CT molecular complexity index is 914. The van der Waals surface area contributed by atoms with Crippen molar-refractivity contribution in [2.75, 3.05) is 0 Å². The van der Waals surface area contributed by atoms with Crippen molar-refractivity contribution in [1.82, 2.24) is 15.3 Å². The van der Waals surface area contributed by atoms with Crippen LogP contribution in [0, 0.1) is 6.92 Å². The quantitative estimate of drug-likeness (QED) is 0.483. The summed E-state index contributed by atoms with van der Waals surface area (Å²) < 4.78 is 0. The number of nitrogens with one attached hydrogen (secondary N) is 1. The van der Waals surface area contributed by atoms with Crippen molar-refractivity contribution in [2.45, 2.75) is 49.9 Å². The first kappa shape index (κ1) is 19.4. The Balaban J connectivity index is 1.59. The molecule has 0 aliphatic heterocycles. The van der Waals surface area contributed by atoms with Gasteiger partial charge in [-0.15, -0.1) is 0 Å². The zero-order valence-corrected chi connectivity index (χ0v) is 16.8. The zero-order valence-electron chi connectivity index (χ0n) is 16.0. The lowest BCUT2D eigenvalue weighted by Crippen LogP contribution is -2.37. The van der Waals surface area contributed by atoms with E-state index in [-0.39, 0.29) is 17.2 Å². The van der Waals surface area contributed by atoms with Gasteiger partial charge < -0.3 is 5.32 Å². The fourth-order valence-corrected chi connectivity index (χ4v) is 3.92. The highest BCUT2D eigenvalue weighted by molar-refractivity contribution is 8.00. The Labute approximate surface area is 164 Å². The number of fused-ring (bicyclic) bond motifs is 1. The molecule has 0 radical (unpaired) electrons. The first-order valence-electron chi connectivity index (χ1n) is 9.27.